The molecule has 0 aliphatic carbocycles. The van der Waals surface area contributed by atoms with Gasteiger partial charge >= 0.3 is 11.9 Å². The Labute approximate surface area is 140 Å². The minimum absolute atomic E-state index is 0.0861. The fraction of sp³-hybridized carbons (Fsp3) is 0.158. The molecule has 0 aliphatic rings. The van der Waals surface area contributed by atoms with Crippen molar-refractivity contribution in [2.24, 2.45) is 0 Å². The highest BCUT2D eigenvalue weighted by molar-refractivity contribution is 5.97. The van der Waals surface area contributed by atoms with Crippen molar-refractivity contribution in [1.29, 1.82) is 0 Å². The highest BCUT2D eigenvalue weighted by atomic mass is 16.5. The summed E-state index contributed by atoms with van der Waals surface area (Å²) >= 11 is 0. The normalized spacial score (nSPS) is 11.0. The Bertz CT molecular complexity index is 717. The van der Waals surface area contributed by atoms with Crippen LogP contribution in [0.5, 0.6) is 5.75 Å². The lowest BCUT2D eigenvalue weighted by Gasteiger charge is -2.07. The fourth-order valence-electron chi connectivity index (χ4n) is 2.08. The molecule has 2 rings (SSSR count). The van der Waals surface area contributed by atoms with Crippen LogP contribution in [0.1, 0.15) is 17.5 Å². The maximum atomic E-state index is 11.6. The van der Waals surface area contributed by atoms with E-state index in [0.717, 1.165) is 5.56 Å². The number of hydrogen-bond acceptors (Lipinski definition) is 4. The third-order valence-electron chi connectivity index (χ3n) is 3.26. The summed E-state index contributed by atoms with van der Waals surface area (Å²) < 4.78 is 10.3. The lowest BCUT2D eigenvalue weighted by Crippen LogP contribution is -2.09. The average molecular weight is 326 g/mol. The van der Waals surface area contributed by atoms with Crippen LogP contribution in [-0.4, -0.2) is 24.2 Å². The number of carboxylic acid groups (broad SMARTS) is 1. The number of carboxylic acids is 1. The van der Waals surface area contributed by atoms with Crippen LogP contribution in [0.15, 0.2) is 60.2 Å². The minimum atomic E-state index is -1.09. The summed E-state index contributed by atoms with van der Waals surface area (Å²) in [7, 11) is 1.22. The van der Waals surface area contributed by atoms with Gasteiger partial charge in [-0.05, 0) is 29.3 Å². The van der Waals surface area contributed by atoms with Gasteiger partial charge in [0.05, 0.1) is 13.5 Å². The number of rotatable bonds is 7. The average Bonchev–Trinajstić information content (AvgIpc) is 2.60. The number of hydrogen-bond donors (Lipinski definition) is 1. The first-order valence-electron chi connectivity index (χ1n) is 7.36. The molecule has 0 aliphatic heterocycles. The first-order valence-corrected chi connectivity index (χ1v) is 7.36. The molecule has 0 amide bonds. The maximum Gasteiger partial charge on any atom is 0.334 e. The van der Waals surface area contributed by atoms with Gasteiger partial charge in [-0.2, -0.15) is 0 Å². The Morgan fingerprint density at radius 1 is 1.04 bits per heavy atom. The summed E-state index contributed by atoms with van der Waals surface area (Å²) in [6.45, 7) is 0.461. The van der Waals surface area contributed by atoms with Crippen LogP contribution >= 0.6 is 0 Å². The van der Waals surface area contributed by atoms with Gasteiger partial charge in [-0.25, -0.2) is 4.79 Å². The van der Waals surface area contributed by atoms with E-state index < -0.39 is 11.9 Å². The lowest BCUT2D eigenvalue weighted by molar-refractivity contribution is -0.141. The molecule has 2 aromatic carbocycles. The molecule has 5 nitrogen and oxygen atoms in total. The number of carbonyl (C=O) groups excluding carboxylic acids is 1. The van der Waals surface area contributed by atoms with Crippen molar-refractivity contribution in [3.63, 3.8) is 0 Å². The van der Waals surface area contributed by atoms with Gasteiger partial charge in [0, 0.05) is 5.57 Å². The van der Waals surface area contributed by atoms with Crippen LogP contribution in [0.2, 0.25) is 0 Å². The Balaban J connectivity index is 2.05. The molecule has 0 radical (unpaired) electrons. The van der Waals surface area contributed by atoms with Gasteiger partial charge in [0.1, 0.15) is 12.4 Å². The van der Waals surface area contributed by atoms with Crippen LogP contribution < -0.4 is 4.74 Å². The number of benzene rings is 2. The summed E-state index contributed by atoms with van der Waals surface area (Å²) in [5.74, 6) is -1.05. The quantitative estimate of drug-likeness (QED) is 0.624. The van der Waals surface area contributed by atoms with E-state index in [1.165, 1.54) is 13.2 Å². The van der Waals surface area contributed by atoms with Gasteiger partial charge in [-0.3, -0.25) is 4.79 Å². The van der Waals surface area contributed by atoms with E-state index in [-0.39, 0.29) is 12.0 Å². The van der Waals surface area contributed by atoms with Gasteiger partial charge in [-0.1, -0.05) is 42.5 Å². The van der Waals surface area contributed by atoms with Crippen LogP contribution in [0.3, 0.4) is 0 Å². The van der Waals surface area contributed by atoms with Crippen molar-refractivity contribution in [2.75, 3.05) is 7.11 Å². The third kappa shape index (κ3) is 5.28. The molecule has 5 heteroatoms. The summed E-state index contributed by atoms with van der Waals surface area (Å²) in [4.78, 5) is 22.4. The molecule has 0 aromatic heterocycles. The van der Waals surface area contributed by atoms with Crippen LogP contribution in [-0.2, 0) is 20.9 Å². The number of esters is 1. The molecule has 24 heavy (non-hydrogen) atoms. The van der Waals surface area contributed by atoms with E-state index in [4.69, 9.17) is 9.84 Å². The molecule has 2 aromatic rings. The number of methoxy groups -OCH3 is 1. The van der Waals surface area contributed by atoms with Gasteiger partial charge in [0.2, 0.25) is 0 Å². The van der Waals surface area contributed by atoms with Crippen LogP contribution in [0, 0.1) is 0 Å². The van der Waals surface area contributed by atoms with Crippen molar-refractivity contribution in [3.05, 3.63) is 71.3 Å². The van der Waals surface area contributed by atoms with Gasteiger partial charge in [0.15, 0.2) is 0 Å². The zero-order valence-corrected chi connectivity index (χ0v) is 13.3. The van der Waals surface area contributed by atoms with E-state index in [9.17, 15) is 9.59 Å². The Kier molecular flexibility index (Phi) is 6.14. The highest BCUT2D eigenvalue weighted by Crippen LogP contribution is 2.17. The summed E-state index contributed by atoms with van der Waals surface area (Å²) in [5, 5.41) is 8.86. The van der Waals surface area contributed by atoms with Crippen molar-refractivity contribution in [3.8, 4) is 5.75 Å². The van der Waals surface area contributed by atoms with E-state index >= 15 is 0 Å². The smallest absolute Gasteiger partial charge is 0.334 e. The van der Waals surface area contributed by atoms with E-state index in [2.05, 4.69) is 4.74 Å². The SMILES string of the molecule is COC(=O)C(=Cc1ccc(OCc2ccccc2)cc1)CC(=O)O. The summed E-state index contributed by atoms with van der Waals surface area (Å²) in [6, 6.07) is 16.8. The topological polar surface area (TPSA) is 72.8 Å². The van der Waals surface area contributed by atoms with Crippen molar-refractivity contribution in [2.45, 2.75) is 13.0 Å². The molecule has 1 N–H and O–H groups in total. The van der Waals surface area contributed by atoms with Crippen LogP contribution in [0.4, 0.5) is 0 Å². The first-order chi connectivity index (χ1) is 11.6. The highest BCUT2D eigenvalue weighted by Gasteiger charge is 2.13. The molecular formula is C19H18O5. The van der Waals surface area contributed by atoms with Crippen molar-refractivity contribution >= 4 is 18.0 Å². The monoisotopic (exact) mass is 326 g/mol. The van der Waals surface area contributed by atoms with Crippen molar-refractivity contribution < 1.29 is 24.2 Å². The van der Waals surface area contributed by atoms with E-state index in [0.29, 0.717) is 17.9 Å². The number of carbonyl (C=O) groups is 2. The molecule has 0 heterocycles. The molecule has 0 bridgehead atoms. The van der Waals surface area contributed by atoms with Crippen LogP contribution in [0.25, 0.3) is 6.08 Å². The summed E-state index contributed by atoms with van der Waals surface area (Å²) in [6.07, 6.45) is 1.11. The zero-order chi connectivity index (χ0) is 17.4. The van der Waals surface area contributed by atoms with Gasteiger partial charge in [0.25, 0.3) is 0 Å². The predicted molar refractivity (Wildman–Crippen MR) is 89.5 cm³/mol. The molecule has 124 valence electrons. The number of ether oxygens (including phenoxy) is 2. The maximum absolute atomic E-state index is 11.6. The third-order valence-corrected chi connectivity index (χ3v) is 3.26. The Morgan fingerprint density at radius 3 is 2.29 bits per heavy atom. The Hall–Kier alpha value is -3.08. The van der Waals surface area contributed by atoms with E-state index in [1.54, 1.807) is 24.3 Å². The summed E-state index contributed by atoms with van der Waals surface area (Å²) in [5.41, 5.74) is 1.85. The molecule has 0 fully saturated rings. The molecule has 0 spiro atoms. The Morgan fingerprint density at radius 2 is 1.71 bits per heavy atom. The molecular weight excluding hydrogens is 308 g/mol. The van der Waals surface area contributed by atoms with Gasteiger partial charge < -0.3 is 14.6 Å². The number of aliphatic carboxylic acids is 1. The standard InChI is InChI=1S/C19H18O5/c1-23-19(22)16(12-18(20)21)11-14-7-9-17(10-8-14)24-13-15-5-3-2-4-6-15/h2-11H,12-13H2,1H3,(H,20,21). The zero-order valence-electron chi connectivity index (χ0n) is 13.3. The van der Waals surface area contributed by atoms with Gasteiger partial charge in [-0.15, -0.1) is 0 Å². The predicted octanol–water partition coefficient (Wildman–Crippen LogP) is 3.30. The molecule has 0 saturated carbocycles. The lowest BCUT2D eigenvalue weighted by atomic mass is 10.1. The molecule has 0 saturated heterocycles. The van der Waals surface area contributed by atoms with E-state index in [1.807, 2.05) is 30.3 Å². The minimum Gasteiger partial charge on any atom is -0.489 e. The second-order valence-electron chi connectivity index (χ2n) is 5.07. The fourth-order valence-corrected chi connectivity index (χ4v) is 2.08. The molecule has 0 unspecified atom stereocenters. The largest absolute Gasteiger partial charge is 0.489 e. The second-order valence-corrected chi connectivity index (χ2v) is 5.07. The first kappa shape index (κ1) is 17.3. The molecule has 0 atom stereocenters. The van der Waals surface area contributed by atoms with Crippen molar-refractivity contribution in [1.82, 2.24) is 0 Å². The second kappa shape index (κ2) is 8.53.